The number of fused-ring (bicyclic) bond motifs is 4. The second-order valence-electron chi connectivity index (χ2n) is 19.6. The standard InChI is InChI=1S/C60H54F2N14O2/c1-5-64-26-35-14-40(28-65-27-35)36-6-8-53-49(20-36)59(72-71-53)54-24-47-51(31-67-33-56(47)69-54)39-16-43(62)23-46(19-39)78-13-11-75(4)76-58-9-7-37(41-17-44(63)30-66-29-41)21-50(58)60(73-76)55-25-48-52(32-68-34-57(48)70-55)38-15-42(61)22-45(18-38)77-12-10-74(2)3/h6-9,14-25,27-34,64,69-70H,5,10-13,26,63H2,1-4H3,(H,71,72). The van der Waals surface area contributed by atoms with Crippen LogP contribution in [0.1, 0.15) is 12.5 Å². The summed E-state index contributed by atoms with van der Waals surface area (Å²) < 4.78 is 43.1. The van der Waals surface area contributed by atoms with Crippen molar-refractivity contribution in [2.45, 2.75) is 13.5 Å². The molecule has 0 radical (unpaired) electrons. The van der Waals surface area contributed by atoms with Gasteiger partial charge in [-0.1, -0.05) is 19.1 Å². The molecule has 0 saturated heterocycles. The zero-order chi connectivity index (χ0) is 53.4. The maximum absolute atomic E-state index is 15.7. The molecule has 0 aliphatic carbocycles. The van der Waals surface area contributed by atoms with Crippen molar-refractivity contribution in [3.05, 3.63) is 164 Å². The first-order valence-electron chi connectivity index (χ1n) is 25.6. The summed E-state index contributed by atoms with van der Waals surface area (Å²) in [4.78, 5) is 28.8. The molecule has 0 amide bonds. The number of hydrogen-bond donors (Lipinski definition) is 5. The molecule has 0 bridgehead atoms. The normalized spacial score (nSPS) is 11.7. The SMILES string of the molecule is CCNCc1cncc(-c2ccc3[nH]nc(-c4cc5c(-c6cc(F)cc(OCCN(C)n7nc(-c8cc9c(-c%10cc(F)cc(OCCN(C)C)c%10)cncc9[nH]8)c8cc(-c9cncc(N)c9)ccc87)c6)cncc5[nH]4)c3c2)c1. The van der Waals surface area contributed by atoms with Gasteiger partial charge in [0.05, 0.1) is 58.1 Å². The molecule has 78 heavy (non-hydrogen) atoms. The Morgan fingerprint density at radius 2 is 1.17 bits per heavy atom. The second kappa shape index (κ2) is 20.9. The first-order valence-corrected chi connectivity index (χ1v) is 25.6. The molecule has 18 heteroatoms. The van der Waals surface area contributed by atoms with Gasteiger partial charge in [0.2, 0.25) is 0 Å². The number of likely N-dealkylation sites (N-methyl/N-ethyl adjacent to an activating group) is 2. The number of H-pyrrole nitrogens is 3. The Morgan fingerprint density at radius 3 is 1.82 bits per heavy atom. The Balaban J connectivity index is 0.818. The van der Waals surface area contributed by atoms with Crippen molar-refractivity contribution in [2.75, 3.05) is 64.7 Å². The van der Waals surface area contributed by atoms with Gasteiger partial charge in [0.25, 0.3) is 0 Å². The fourth-order valence-corrected chi connectivity index (χ4v) is 9.92. The quantitative estimate of drug-likeness (QED) is 0.0547. The summed E-state index contributed by atoms with van der Waals surface area (Å²) in [6.07, 6.45) is 14.1. The van der Waals surface area contributed by atoms with Crippen LogP contribution in [0.4, 0.5) is 14.5 Å². The van der Waals surface area contributed by atoms with Crippen LogP contribution < -0.4 is 25.5 Å². The van der Waals surface area contributed by atoms with E-state index in [0.29, 0.717) is 53.7 Å². The number of aromatic nitrogens is 10. The molecule has 0 aliphatic heterocycles. The lowest BCUT2D eigenvalue weighted by Crippen LogP contribution is -2.35. The number of nitrogen functional groups attached to an aromatic ring is 1. The van der Waals surface area contributed by atoms with Gasteiger partial charge in [-0.15, -0.1) is 5.10 Å². The van der Waals surface area contributed by atoms with E-state index >= 15 is 8.78 Å². The van der Waals surface area contributed by atoms with Crippen molar-refractivity contribution in [3.63, 3.8) is 0 Å². The van der Waals surface area contributed by atoms with Crippen LogP contribution >= 0.6 is 0 Å². The number of nitrogens with two attached hydrogens (primary N) is 1. The monoisotopic (exact) mass is 1040 g/mol. The molecule has 0 fully saturated rings. The fourth-order valence-electron chi connectivity index (χ4n) is 9.92. The van der Waals surface area contributed by atoms with Gasteiger partial charge < -0.3 is 35.4 Å². The maximum atomic E-state index is 15.7. The summed E-state index contributed by atoms with van der Waals surface area (Å²) >= 11 is 0. The first-order chi connectivity index (χ1) is 38.0. The van der Waals surface area contributed by atoms with Crippen molar-refractivity contribution >= 4 is 49.3 Å². The van der Waals surface area contributed by atoms with E-state index in [1.54, 1.807) is 37.2 Å². The van der Waals surface area contributed by atoms with Crippen LogP contribution in [0, 0.1) is 11.6 Å². The lowest BCUT2D eigenvalue weighted by atomic mass is 10.0. The number of ether oxygens (including phenoxy) is 2. The average molecular weight is 1040 g/mol. The summed E-state index contributed by atoms with van der Waals surface area (Å²) in [6.45, 7) is 5.36. The average Bonchev–Trinajstić information content (AvgIpc) is 4.40. The second-order valence-corrected chi connectivity index (χ2v) is 19.6. The molecule has 8 aromatic heterocycles. The molecule has 16 nitrogen and oxygen atoms in total. The topological polar surface area (TPSA) is 193 Å². The Labute approximate surface area is 446 Å². The van der Waals surface area contributed by atoms with Crippen molar-refractivity contribution < 1.29 is 18.3 Å². The van der Waals surface area contributed by atoms with Gasteiger partial charge in [-0.25, -0.2) is 8.78 Å². The van der Waals surface area contributed by atoms with Gasteiger partial charge in [-0.05, 0) is 121 Å². The Kier molecular flexibility index (Phi) is 13.2. The predicted octanol–water partition coefficient (Wildman–Crippen LogP) is 11.0. The molecule has 8 heterocycles. The van der Waals surface area contributed by atoms with E-state index in [2.05, 4.69) is 71.5 Å². The van der Waals surface area contributed by atoms with Crippen LogP contribution in [0.15, 0.2) is 147 Å². The first kappa shape index (κ1) is 49.4. The number of pyridine rings is 4. The van der Waals surface area contributed by atoms with Crippen LogP contribution in [0.2, 0.25) is 0 Å². The van der Waals surface area contributed by atoms with Crippen LogP contribution in [0.3, 0.4) is 0 Å². The van der Waals surface area contributed by atoms with E-state index in [1.165, 1.54) is 24.3 Å². The highest BCUT2D eigenvalue weighted by molar-refractivity contribution is 6.03. The minimum atomic E-state index is -0.449. The number of nitrogens with zero attached hydrogens (tertiary/aromatic N) is 9. The van der Waals surface area contributed by atoms with Gasteiger partial charge in [0, 0.05) is 113 Å². The van der Waals surface area contributed by atoms with E-state index in [1.807, 2.05) is 96.8 Å². The molecule has 0 unspecified atom stereocenters. The summed E-state index contributed by atoms with van der Waals surface area (Å²) in [5, 5.41) is 21.9. The summed E-state index contributed by atoms with van der Waals surface area (Å²) in [5.74, 6) is -0.0637. The number of aromatic amines is 3. The molecule has 12 rings (SSSR count). The van der Waals surface area contributed by atoms with Crippen molar-refractivity contribution in [1.82, 2.24) is 60.2 Å². The molecule has 0 atom stereocenters. The number of anilines is 1. The third-order valence-corrected chi connectivity index (χ3v) is 13.8. The van der Waals surface area contributed by atoms with Crippen LogP contribution in [0.25, 0.3) is 111 Å². The van der Waals surface area contributed by atoms with E-state index in [-0.39, 0.29) is 6.61 Å². The molecule has 0 spiro atoms. The van der Waals surface area contributed by atoms with Crippen LogP contribution in [-0.2, 0) is 6.54 Å². The third-order valence-electron chi connectivity index (χ3n) is 13.8. The minimum Gasteiger partial charge on any atom is -0.492 e. The molecular weight excluding hydrogens is 987 g/mol. The van der Waals surface area contributed by atoms with Gasteiger partial charge in [0.1, 0.15) is 47.7 Å². The highest BCUT2D eigenvalue weighted by Crippen LogP contribution is 2.39. The maximum Gasteiger partial charge on any atom is 0.127 e. The molecular formula is C60H54F2N14O2. The number of benzene rings is 4. The predicted molar refractivity (Wildman–Crippen MR) is 304 cm³/mol. The molecule has 6 N–H and O–H groups in total. The van der Waals surface area contributed by atoms with Gasteiger partial charge >= 0.3 is 0 Å². The Bertz CT molecular complexity index is 4180. The van der Waals surface area contributed by atoms with E-state index in [0.717, 1.165) is 113 Å². The van der Waals surface area contributed by atoms with Crippen molar-refractivity contribution in [1.29, 1.82) is 0 Å². The lowest BCUT2D eigenvalue weighted by Gasteiger charge is -2.20. The Hall–Kier alpha value is -9.52. The van der Waals surface area contributed by atoms with E-state index < -0.39 is 11.6 Å². The molecule has 12 aromatic rings. The highest BCUT2D eigenvalue weighted by atomic mass is 19.1. The van der Waals surface area contributed by atoms with E-state index in [4.69, 9.17) is 25.4 Å². The molecule has 0 saturated carbocycles. The van der Waals surface area contributed by atoms with Crippen LogP contribution in [0.5, 0.6) is 11.5 Å². The number of rotatable bonds is 18. The molecule has 390 valence electrons. The lowest BCUT2D eigenvalue weighted by molar-refractivity contribution is 0.260. The number of halogens is 2. The van der Waals surface area contributed by atoms with Gasteiger partial charge in [-0.3, -0.25) is 30.0 Å². The highest BCUT2D eigenvalue weighted by Gasteiger charge is 2.21. The van der Waals surface area contributed by atoms with Crippen molar-refractivity contribution in [2.24, 2.45) is 0 Å². The van der Waals surface area contributed by atoms with Gasteiger partial charge in [0.15, 0.2) is 0 Å². The zero-order valence-electron chi connectivity index (χ0n) is 43.3. The number of hydrogen-bond acceptors (Lipinski definition) is 12. The molecule has 4 aromatic carbocycles. The van der Waals surface area contributed by atoms with E-state index in [9.17, 15) is 0 Å². The van der Waals surface area contributed by atoms with Gasteiger partial charge in [-0.2, -0.15) is 9.89 Å². The van der Waals surface area contributed by atoms with Crippen LogP contribution in [-0.4, -0.2) is 109 Å². The summed E-state index contributed by atoms with van der Waals surface area (Å²) in [6, 6.07) is 29.8. The molecule has 0 aliphatic rings. The fraction of sp³-hybridized carbons (Fsp3) is 0.167. The zero-order valence-corrected chi connectivity index (χ0v) is 43.3. The third kappa shape index (κ3) is 9.92. The smallest absolute Gasteiger partial charge is 0.127 e. The Morgan fingerprint density at radius 1 is 0.564 bits per heavy atom. The summed E-state index contributed by atoms with van der Waals surface area (Å²) in [7, 11) is 5.84. The van der Waals surface area contributed by atoms with Crippen molar-refractivity contribution in [3.8, 4) is 78.8 Å². The summed E-state index contributed by atoms with van der Waals surface area (Å²) in [5.41, 5.74) is 20.5. The minimum absolute atomic E-state index is 0.194. The largest absolute Gasteiger partial charge is 0.492 e. The number of nitrogens with one attached hydrogen (secondary N) is 4.